The van der Waals surface area contributed by atoms with Gasteiger partial charge < -0.3 is 0 Å². The molecular weight excluding hydrogens is 158 g/mol. The van der Waals surface area contributed by atoms with Gasteiger partial charge in [0.15, 0.2) is 0 Å². The molecule has 0 saturated heterocycles. The molecule has 0 aromatic heterocycles. The van der Waals surface area contributed by atoms with Gasteiger partial charge in [0.05, 0.1) is 13.1 Å². The molecular formula is C3H7N3O3S. The lowest BCUT2D eigenvalue weighted by atomic mass is 10.7. The minimum absolute atomic E-state index is 0.311. The third kappa shape index (κ3) is 1.25. The number of hydrogen-bond donors (Lipinski definition) is 2. The Morgan fingerprint density at radius 1 is 1.70 bits per heavy atom. The summed E-state index contributed by atoms with van der Waals surface area (Å²) >= 11 is 0. The largest absolute Gasteiger partial charge is 0.329 e. The average molecular weight is 165 g/mol. The summed E-state index contributed by atoms with van der Waals surface area (Å²) in [4.78, 5) is 3.47. The van der Waals surface area contributed by atoms with Crippen molar-refractivity contribution in [1.82, 2.24) is 5.01 Å². The third-order valence-corrected chi connectivity index (χ3v) is 1.89. The van der Waals surface area contributed by atoms with Gasteiger partial charge in [-0.1, -0.05) is 0 Å². The fraction of sp³-hybridized carbons (Fsp3) is 0.667. The SMILES string of the molecule is NN1CCN=C1S(=O)(=O)O. The zero-order chi connectivity index (χ0) is 7.78. The van der Waals surface area contributed by atoms with E-state index in [2.05, 4.69) is 4.99 Å². The zero-order valence-electron chi connectivity index (χ0n) is 5.06. The van der Waals surface area contributed by atoms with Crippen molar-refractivity contribution in [1.29, 1.82) is 0 Å². The molecule has 0 aromatic rings. The van der Waals surface area contributed by atoms with Crippen LogP contribution in [-0.2, 0) is 10.1 Å². The van der Waals surface area contributed by atoms with Crippen LogP contribution < -0.4 is 5.84 Å². The van der Waals surface area contributed by atoms with E-state index in [0.29, 0.717) is 13.1 Å². The van der Waals surface area contributed by atoms with Crippen molar-refractivity contribution in [3.63, 3.8) is 0 Å². The van der Waals surface area contributed by atoms with Gasteiger partial charge in [0, 0.05) is 0 Å². The molecule has 0 aliphatic carbocycles. The van der Waals surface area contributed by atoms with Crippen LogP contribution in [0.2, 0.25) is 0 Å². The summed E-state index contributed by atoms with van der Waals surface area (Å²) in [5.41, 5.74) is 0. The highest BCUT2D eigenvalue weighted by Crippen LogP contribution is 2.00. The van der Waals surface area contributed by atoms with E-state index in [-0.39, 0.29) is 0 Å². The number of nitrogens with two attached hydrogens (primary N) is 1. The smallest absolute Gasteiger partial charge is 0.282 e. The van der Waals surface area contributed by atoms with Gasteiger partial charge in [0.1, 0.15) is 0 Å². The van der Waals surface area contributed by atoms with Crippen LogP contribution in [0.15, 0.2) is 4.99 Å². The second-order valence-electron chi connectivity index (χ2n) is 1.83. The summed E-state index contributed by atoms with van der Waals surface area (Å²) in [7, 11) is -4.20. The van der Waals surface area contributed by atoms with Crippen molar-refractivity contribution in [2.24, 2.45) is 10.8 Å². The van der Waals surface area contributed by atoms with Crippen molar-refractivity contribution in [2.75, 3.05) is 13.1 Å². The highest BCUT2D eigenvalue weighted by atomic mass is 32.2. The van der Waals surface area contributed by atoms with Gasteiger partial charge in [-0.3, -0.25) is 14.6 Å². The van der Waals surface area contributed by atoms with Gasteiger partial charge in [0.25, 0.3) is 5.17 Å². The zero-order valence-corrected chi connectivity index (χ0v) is 5.87. The Balaban J connectivity index is 2.94. The lowest BCUT2D eigenvalue weighted by Gasteiger charge is -2.08. The standard InChI is InChI=1S/C3H7N3O3S/c4-6-2-1-5-3(6)10(7,8)9/h1-2,4H2,(H,7,8,9). The van der Waals surface area contributed by atoms with Crippen LogP contribution in [0.4, 0.5) is 0 Å². The number of aliphatic imine (C=N–C) groups is 1. The Kier molecular flexibility index (Phi) is 1.63. The molecule has 1 heterocycles. The molecule has 0 spiro atoms. The summed E-state index contributed by atoms with van der Waals surface area (Å²) in [5.74, 6) is 5.13. The first-order valence-corrected chi connectivity index (χ1v) is 4.00. The maximum atomic E-state index is 10.3. The van der Waals surface area contributed by atoms with Gasteiger partial charge in [0.2, 0.25) is 0 Å². The minimum Gasteiger partial charge on any atom is -0.282 e. The Bertz CT molecular complexity index is 256. The summed E-state index contributed by atoms with van der Waals surface area (Å²) in [6.07, 6.45) is 0. The van der Waals surface area contributed by atoms with Crippen molar-refractivity contribution in [3.8, 4) is 0 Å². The Labute approximate surface area is 58.1 Å². The fourth-order valence-corrected chi connectivity index (χ4v) is 1.31. The highest BCUT2D eigenvalue weighted by molar-refractivity contribution is 8.01. The van der Waals surface area contributed by atoms with E-state index in [1.54, 1.807) is 0 Å². The van der Waals surface area contributed by atoms with Gasteiger partial charge in [-0.2, -0.15) is 8.42 Å². The molecule has 1 rings (SSSR count). The Morgan fingerprint density at radius 2 is 2.30 bits per heavy atom. The molecule has 0 saturated carbocycles. The van der Waals surface area contributed by atoms with Crippen LogP contribution in [0.25, 0.3) is 0 Å². The summed E-state index contributed by atoms with van der Waals surface area (Å²) in [5, 5.41) is 0.447. The maximum Gasteiger partial charge on any atom is 0.329 e. The van der Waals surface area contributed by atoms with E-state index in [1.165, 1.54) is 0 Å². The quantitative estimate of drug-likeness (QED) is 0.333. The van der Waals surface area contributed by atoms with Gasteiger partial charge in [-0.05, 0) is 0 Å². The maximum absolute atomic E-state index is 10.3. The molecule has 0 radical (unpaired) electrons. The molecule has 6 nitrogen and oxygen atoms in total. The molecule has 58 valence electrons. The number of hydrogen-bond acceptors (Lipinski definition) is 5. The van der Waals surface area contributed by atoms with Crippen molar-refractivity contribution in [2.45, 2.75) is 0 Å². The first kappa shape index (κ1) is 7.45. The van der Waals surface area contributed by atoms with Crippen molar-refractivity contribution < 1.29 is 13.0 Å². The summed E-state index contributed by atoms with van der Waals surface area (Å²) in [6.45, 7) is 0.640. The Morgan fingerprint density at radius 3 is 2.50 bits per heavy atom. The lowest BCUT2D eigenvalue weighted by Crippen LogP contribution is -2.38. The molecule has 0 bridgehead atoms. The van der Waals surface area contributed by atoms with Crippen LogP contribution in [0.5, 0.6) is 0 Å². The molecule has 7 heteroatoms. The molecule has 0 atom stereocenters. The van der Waals surface area contributed by atoms with E-state index in [0.717, 1.165) is 5.01 Å². The van der Waals surface area contributed by atoms with Gasteiger partial charge >= 0.3 is 10.1 Å². The van der Waals surface area contributed by atoms with Crippen LogP contribution in [-0.4, -0.2) is 36.2 Å². The molecule has 0 unspecified atom stereocenters. The van der Waals surface area contributed by atoms with E-state index < -0.39 is 15.3 Å². The molecule has 0 fully saturated rings. The van der Waals surface area contributed by atoms with E-state index in [1.807, 2.05) is 0 Å². The summed E-state index contributed by atoms with van der Waals surface area (Å²) < 4.78 is 29.1. The van der Waals surface area contributed by atoms with Crippen LogP contribution >= 0.6 is 0 Å². The van der Waals surface area contributed by atoms with E-state index >= 15 is 0 Å². The van der Waals surface area contributed by atoms with E-state index in [9.17, 15) is 8.42 Å². The fourth-order valence-electron chi connectivity index (χ4n) is 0.670. The first-order valence-electron chi connectivity index (χ1n) is 2.56. The van der Waals surface area contributed by atoms with Crippen molar-refractivity contribution >= 4 is 15.3 Å². The van der Waals surface area contributed by atoms with Crippen LogP contribution in [0.1, 0.15) is 0 Å². The minimum atomic E-state index is -4.20. The predicted molar refractivity (Wildman–Crippen MR) is 34.7 cm³/mol. The third-order valence-electron chi connectivity index (χ3n) is 1.06. The van der Waals surface area contributed by atoms with Crippen LogP contribution in [0.3, 0.4) is 0 Å². The van der Waals surface area contributed by atoms with Gasteiger partial charge in [-0.25, -0.2) is 5.84 Å². The molecule has 1 aliphatic rings. The molecule has 0 aromatic carbocycles. The second kappa shape index (κ2) is 2.19. The Hall–Kier alpha value is -0.660. The molecule has 10 heavy (non-hydrogen) atoms. The highest BCUT2D eigenvalue weighted by Gasteiger charge is 2.24. The monoisotopic (exact) mass is 165 g/mol. The topological polar surface area (TPSA) is 96.0 Å². The predicted octanol–water partition coefficient (Wildman–Crippen LogP) is -1.58. The lowest BCUT2D eigenvalue weighted by molar-refractivity contribution is 0.462. The summed E-state index contributed by atoms with van der Waals surface area (Å²) in [6, 6.07) is 0. The van der Waals surface area contributed by atoms with Crippen molar-refractivity contribution in [3.05, 3.63) is 0 Å². The first-order chi connectivity index (χ1) is 4.52. The second-order valence-corrected chi connectivity index (χ2v) is 3.15. The normalized spacial score (nSPS) is 19.4. The average Bonchev–Trinajstić information content (AvgIpc) is 2.11. The number of nitrogens with zero attached hydrogens (tertiary/aromatic N) is 2. The molecule has 3 N–H and O–H groups in total. The number of hydrazine groups is 1. The number of rotatable bonds is 0. The molecule has 1 aliphatic heterocycles. The molecule has 0 amide bonds. The van der Waals surface area contributed by atoms with E-state index in [4.69, 9.17) is 10.4 Å². The number of amidine groups is 1. The van der Waals surface area contributed by atoms with Gasteiger partial charge in [-0.15, -0.1) is 0 Å². The van der Waals surface area contributed by atoms with Crippen LogP contribution in [0, 0.1) is 0 Å².